The molecule has 6 heteroatoms. The molecule has 0 aliphatic carbocycles. The highest BCUT2D eigenvalue weighted by atomic mass is 32.1. The number of H-pyrrole nitrogens is 2. The van der Waals surface area contributed by atoms with Crippen LogP contribution in [0.1, 0.15) is 0 Å². The Kier molecular flexibility index (Phi) is 2.15. The Hall–Kier alpha value is -2.21. The molecule has 0 fully saturated rings. The SMILES string of the molecule is N=c1ncn(-c2ccccc2)c2[nH]c(=S)[nH]c12. The number of para-hydroxylation sites is 1. The van der Waals surface area contributed by atoms with E-state index in [0.29, 0.717) is 10.3 Å². The number of imidazole rings is 1. The van der Waals surface area contributed by atoms with Crippen molar-refractivity contribution in [3.63, 3.8) is 0 Å². The lowest BCUT2D eigenvalue weighted by atomic mass is 10.3. The van der Waals surface area contributed by atoms with Gasteiger partial charge in [-0.15, -0.1) is 0 Å². The Morgan fingerprint density at radius 2 is 1.94 bits per heavy atom. The van der Waals surface area contributed by atoms with E-state index in [2.05, 4.69) is 15.0 Å². The molecule has 84 valence electrons. The Labute approximate surface area is 101 Å². The number of aromatic amines is 2. The zero-order valence-corrected chi connectivity index (χ0v) is 9.58. The third-order valence-corrected chi connectivity index (χ3v) is 2.73. The lowest BCUT2D eigenvalue weighted by Crippen LogP contribution is -2.11. The molecule has 0 amide bonds. The highest BCUT2D eigenvalue weighted by molar-refractivity contribution is 7.71. The molecule has 0 saturated carbocycles. The summed E-state index contributed by atoms with van der Waals surface area (Å²) in [7, 11) is 0. The summed E-state index contributed by atoms with van der Waals surface area (Å²) in [5.74, 6) is 0. The average Bonchev–Trinajstić information content (AvgIpc) is 2.73. The minimum Gasteiger partial charge on any atom is -0.326 e. The molecule has 17 heavy (non-hydrogen) atoms. The first-order valence-corrected chi connectivity index (χ1v) is 5.46. The fraction of sp³-hybridized carbons (Fsp3) is 0. The standard InChI is InChI=1S/C11H9N5S/c12-9-8-10(15-11(17)14-8)16(6-13-9)7-4-2-1-3-5-7/h1-6,12H,(H2,14,15,17). The Morgan fingerprint density at radius 1 is 1.18 bits per heavy atom. The molecule has 0 unspecified atom stereocenters. The van der Waals surface area contributed by atoms with Gasteiger partial charge in [0.25, 0.3) is 0 Å². The number of nitrogens with zero attached hydrogens (tertiary/aromatic N) is 2. The minimum absolute atomic E-state index is 0.180. The molecule has 2 aromatic heterocycles. The maximum atomic E-state index is 7.71. The van der Waals surface area contributed by atoms with E-state index in [1.165, 1.54) is 0 Å². The van der Waals surface area contributed by atoms with Gasteiger partial charge in [0.15, 0.2) is 10.3 Å². The van der Waals surface area contributed by atoms with E-state index in [1.54, 1.807) is 6.33 Å². The lowest BCUT2D eigenvalue weighted by Gasteiger charge is -2.06. The van der Waals surface area contributed by atoms with Crippen molar-refractivity contribution in [3.8, 4) is 5.69 Å². The molecule has 3 rings (SSSR count). The van der Waals surface area contributed by atoms with Gasteiger partial charge >= 0.3 is 0 Å². The molecule has 3 aromatic rings. The lowest BCUT2D eigenvalue weighted by molar-refractivity contribution is 0.970. The van der Waals surface area contributed by atoms with Crippen molar-refractivity contribution in [3.05, 3.63) is 46.9 Å². The summed E-state index contributed by atoms with van der Waals surface area (Å²) in [6.45, 7) is 0. The van der Waals surface area contributed by atoms with Gasteiger partial charge < -0.3 is 9.97 Å². The van der Waals surface area contributed by atoms with Crippen LogP contribution >= 0.6 is 12.2 Å². The molecule has 0 atom stereocenters. The fourth-order valence-electron chi connectivity index (χ4n) is 1.75. The van der Waals surface area contributed by atoms with E-state index in [1.807, 2.05) is 34.9 Å². The zero-order valence-electron chi connectivity index (χ0n) is 8.77. The maximum Gasteiger partial charge on any atom is 0.176 e. The summed E-state index contributed by atoms with van der Waals surface area (Å²) in [6, 6.07) is 9.78. The van der Waals surface area contributed by atoms with Crippen molar-refractivity contribution in [2.45, 2.75) is 0 Å². The Balaban J connectivity index is 2.43. The summed E-state index contributed by atoms with van der Waals surface area (Å²) < 4.78 is 2.35. The number of hydrogen-bond donors (Lipinski definition) is 3. The monoisotopic (exact) mass is 243 g/mol. The smallest absolute Gasteiger partial charge is 0.176 e. The molecule has 2 heterocycles. The predicted molar refractivity (Wildman–Crippen MR) is 66.5 cm³/mol. The summed E-state index contributed by atoms with van der Waals surface area (Å²) in [5.41, 5.74) is 2.51. The number of aromatic nitrogens is 4. The number of hydrogen-bond acceptors (Lipinski definition) is 3. The molecule has 5 nitrogen and oxygen atoms in total. The van der Waals surface area contributed by atoms with Crippen LogP contribution in [0.2, 0.25) is 0 Å². The van der Waals surface area contributed by atoms with Gasteiger partial charge in [-0.25, -0.2) is 4.98 Å². The second-order valence-electron chi connectivity index (χ2n) is 3.60. The maximum absolute atomic E-state index is 7.71. The van der Waals surface area contributed by atoms with E-state index in [9.17, 15) is 0 Å². The summed E-state index contributed by atoms with van der Waals surface area (Å²) in [5, 5.41) is 7.71. The summed E-state index contributed by atoms with van der Waals surface area (Å²) in [6.07, 6.45) is 1.61. The normalized spacial score (nSPS) is 10.8. The van der Waals surface area contributed by atoms with E-state index < -0.39 is 0 Å². The van der Waals surface area contributed by atoms with Gasteiger partial charge in [0.2, 0.25) is 0 Å². The fourth-order valence-corrected chi connectivity index (χ4v) is 1.95. The number of nitrogens with one attached hydrogen (secondary N) is 3. The van der Waals surface area contributed by atoms with E-state index >= 15 is 0 Å². The van der Waals surface area contributed by atoms with Gasteiger partial charge in [-0.3, -0.25) is 9.98 Å². The van der Waals surface area contributed by atoms with Crippen LogP contribution in [-0.4, -0.2) is 19.5 Å². The van der Waals surface area contributed by atoms with Crippen LogP contribution < -0.4 is 5.49 Å². The molecule has 0 bridgehead atoms. The van der Waals surface area contributed by atoms with Gasteiger partial charge in [-0.2, -0.15) is 0 Å². The van der Waals surface area contributed by atoms with Crippen molar-refractivity contribution in [2.75, 3.05) is 0 Å². The molecule has 0 radical (unpaired) electrons. The molecule has 3 N–H and O–H groups in total. The third-order valence-electron chi connectivity index (χ3n) is 2.52. The minimum atomic E-state index is 0.180. The summed E-state index contributed by atoms with van der Waals surface area (Å²) >= 11 is 5.05. The second-order valence-corrected chi connectivity index (χ2v) is 4.01. The first kappa shape index (κ1) is 9.98. The quantitative estimate of drug-likeness (QED) is 0.571. The number of fused-ring (bicyclic) bond motifs is 1. The highest BCUT2D eigenvalue weighted by Crippen LogP contribution is 2.11. The van der Waals surface area contributed by atoms with Gasteiger partial charge in [-0.05, 0) is 24.4 Å². The Morgan fingerprint density at radius 3 is 2.71 bits per heavy atom. The zero-order chi connectivity index (χ0) is 11.8. The van der Waals surface area contributed by atoms with Gasteiger partial charge in [0.1, 0.15) is 17.5 Å². The molecular weight excluding hydrogens is 234 g/mol. The topological polar surface area (TPSA) is 73.2 Å². The van der Waals surface area contributed by atoms with Gasteiger partial charge in [-0.1, -0.05) is 18.2 Å². The highest BCUT2D eigenvalue weighted by Gasteiger charge is 2.05. The van der Waals surface area contributed by atoms with Crippen molar-refractivity contribution in [2.24, 2.45) is 0 Å². The second kappa shape index (κ2) is 3.67. The van der Waals surface area contributed by atoms with Crippen molar-refractivity contribution >= 4 is 23.4 Å². The van der Waals surface area contributed by atoms with Crippen LogP contribution in [0.15, 0.2) is 36.7 Å². The van der Waals surface area contributed by atoms with Crippen LogP contribution in [0.25, 0.3) is 16.9 Å². The first-order chi connectivity index (χ1) is 8.25. The van der Waals surface area contributed by atoms with Gasteiger partial charge in [0, 0.05) is 5.69 Å². The molecular formula is C11H9N5S. The van der Waals surface area contributed by atoms with Crippen LogP contribution in [0, 0.1) is 10.2 Å². The van der Waals surface area contributed by atoms with Crippen molar-refractivity contribution < 1.29 is 0 Å². The van der Waals surface area contributed by atoms with Crippen LogP contribution in [-0.2, 0) is 0 Å². The molecule has 0 aliphatic heterocycles. The van der Waals surface area contributed by atoms with Crippen LogP contribution in [0.4, 0.5) is 0 Å². The van der Waals surface area contributed by atoms with Gasteiger partial charge in [0.05, 0.1) is 0 Å². The number of rotatable bonds is 1. The van der Waals surface area contributed by atoms with E-state index in [4.69, 9.17) is 17.6 Å². The summed E-state index contributed by atoms with van der Waals surface area (Å²) in [4.78, 5) is 9.98. The van der Waals surface area contributed by atoms with E-state index in [0.717, 1.165) is 11.3 Å². The predicted octanol–water partition coefficient (Wildman–Crippen LogP) is 1.89. The largest absolute Gasteiger partial charge is 0.326 e. The molecule has 0 aliphatic rings. The van der Waals surface area contributed by atoms with Crippen LogP contribution in [0.5, 0.6) is 0 Å². The molecule has 1 aromatic carbocycles. The average molecular weight is 243 g/mol. The van der Waals surface area contributed by atoms with Crippen molar-refractivity contribution in [1.29, 1.82) is 5.41 Å². The van der Waals surface area contributed by atoms with Crippen molar-refractivity contribution in [1.82, 2.24) is 19.5 Å². The molecule has 0 spiro atoms. The molecule has 0 saturated heterocycles. The third kappa shape index (κ3) is 1.58. The number of benzene rings is 1. The van der Waals surface area contributed by atoms with Crippen LogP contribution in [0.3, 0.4) is 0 Å². The van der Waals surface area contributed by atoms with E-state index in [-0.39, 0.29) is 5.49 Å². The Bertz CT molecular complexity index is 781. The first-order valence-electron chi connectivity index (χ1n) is 5.05.